The number of terminal acetylenes is 1. The van der Waals surface area contributed by atoms with Crippen molar-refractivity contribution in [2.45, 2.75) is 31.3 Å². The third-order valence-corrected chi connectivity index (χ3v) is 4.32. The monoisotopic (exact) mass is 351 g/mol. The topological polar surface area (TPSA) is 80.9 Å². The molecule has 0 bridgehead atoms. The van der Waals surface area contributed by atoms with Crippen molar-refractivity contribution in [2.24, 2.45) is 17.3 Å². The molecule has 1 amide bonds. The van der Waals surface area contributed by atoms with Crippen molar-refractivity contribution in [1.82, 2.24) is 9.78 Å². The lowest BCUT2D eigenvalue weighted by Crippen LogP contribution is -2.18. The smallest absolute Gasteiger partial charge is 0.225 e. The molecule has 26 heavy (non-hydrogen) atoms. The van der Waals surface area contributed by atoms with E-state index >= 15 is 0 Å². The third-order valence-electron chi connectivity index (χ3n) is 4.32. The maximum Gasteiger partial charge on any atom is 0.225 e. The van der Waals surface area contributed by atoms with Crippen molar-refractivity contribution in [3.8, 4) is 29.4 Å². The summed E-state index contributed by atoms with van der Waals surface area (Å²) in [7, 11) is 3.41. The minimum atomic E-state index is -0.443. The van der Waals surface area contributed by atoms with E-state index in [9.17, 15) is 4.79 Å². The average molecular weight is 351 g/mol. The van der Waals surface area contributed by atoms with E-state index in [1.54, 1.807) is 18.8 Å². The maximum atomic E-state index is 12.3. The molecule has 1 aliphatic heterocycles. The van der Waals surface area contributed by atoms with Gasteiger partial charge in [0.2, 0.25) is 5.91 Å². The van der Waals surface area contributed by atoms with E-state index in [0.717, 1.165) is 17.0 Å². The molecule has 1 aromatic carbocycles. The molecule has 1 aliphatic rings. The fourth-order valence-electron chi connectivity index (χ4n) is 2.69. The zero-order valence-corrected chi connectivity index (χ0v) is 14.9. The predicted molar refractivity (Wildman–Crippen MR) is 98.7 cm³/mol. The molecule has 0 saturated heterocycles. The highest BCUT2D eigenvalue weighted by atomic mass is 16.5. The van der Waals surface area contributed by atoms with E-state index in [2.05, 4.69) is 26.6 Å². The van der Waals surface area contributed by atoms with Gasteiger partial charge in [-0.05, 0) is 12.1 Å². The Morgan fingerprint density at radius 1 is 1.35 bits per heavy atom. The quantitative estimate of drug-likeness (QED) is 0.740. The molecule has 0 atom stereocenters. The summed E-state index contributed by atoms with van der Waals surface area (Å²) in [5.41, 5.74) is 1.24. The van der Waals surface area contributed by atoms with Gasteiger partial charge >= 0.3 is 0 Å². The summed E-state index contributed by atoms with van der Waals surface area (Å²) < 4.78 is 6.89. The predicted octanol–water partition coefficient (Wildman–Crippen LogP) is 3.39. The molecular weight excluding hydrogens is 330 g/mol. The van der Waals surface area contributed by atoms with Gasteiger partial charge in [0.15, 0.2) is 5.66 Å². The molecular formula is C19H21N5O2. The van der Waals surface area contributed by atoms with Crippen molar-refractivity contribution in [2.75, 3.05) is 12.4 Å². The normalized spacial score (nSPS) is 13.9. The summed E-state index contributed by atoms with van der Waals surface area (Å²) in [5, 5.41) is 15.4. The first-order valence-corrected chi connectivity index (χ1v) is 8.41. The number of ether oxygens (including phenoxy) is 1. The first-order chi connectivity index (χ1) is 12.5. The molecule has 2 aromatic rings. The highest BCUT2D eigenvalue weighted by Crippen LogP contribution is 2.37. The van der Waals surface area contributed by atoms with Gasteiger partial charge in [0, 0.05) is 44.4 Å². The molecule has 0 fully saturated rings. The minimum absolute atomic E-state index is 0.0948. The van der Waals surface area contributed by atoms with Crippen LogP contribution in [0.5, 0.6) is 5.75 Å². The number of methoxy groups -OCH3 is 1. The zero-order valence-electron chi connectivity index (χ0n) is 14.9. The van der Waals surface area contributed by atoms with E-state index in [1.807, 2.05) is 30.3 Å². The number of anilines is 1. The highest BCUT2D eigenvalue weighted by molar-refractivity contribution is 5.90. The highest BCUT2D eigenvalue weighted by Gasteiger charge is 2.39. The van der Waals surface area contributed by atoms with E-state index in [-0.39, 0.29) is 5.91 Å². The molecule has 2 heterocycles. The van der Waals surface area contributed by atoms with Crippen molar-refractivity contribution in [1.29, 1.82) is 0 Å². The average Bonchev–Trinajstić information content (AvgIpc) is 3.34. The van der Waals surface area contributed by atoms with Crippen LogP contribution in [0.1, 0.15) is 25.7 Å². The first kappa shape index (κ1) is 17.7. The van der Waals surface area contributed by atoms with Crippen LogP contribution in [0.3, 0.4) is 0 Å². The third kappa shape index (κ3) is 4.09. The number of carbonyl (C=O) groups excluding carboxylic acids is 1. The van der Waals surface area contributed by atoms with E-state index in [1.165, 1.54) is 0 Å². The Labute approximate surface area is 152 Å². The lowest BCUT2D eigenvalue weighted by atomic mass is 10.0. The van der Waals surface area contributed by atoms with E-state index < -0.39 is 5.66 Å². The number of benzene rings is 1. The van der Waals surface area contributed by atoms with Gasteiger partial charge in [-0.1, -0.05) is 12.1 Å². The molecule has 0 spiro atoms. The van der Waals surface area contributed by atoms with Crippen LogP contribution in [0.15, 0.2) is 40.6 Å². The molecule has 7 nitrogen and oxygen atoms in total. The van der Waals surface area contributed by atoms with Gasteiger partial charge in [-0.25, -0.2) is 0 Å². The summed E-state index contributed by atoms with van der Waals surface area (Å²) >= 11 is 0. The second-order valence-corrected chi connectivity index (χ2v) is 6.21. The number of rotatable bonds is 8. The van der Waals surface area contributed by atoms with Gasteiger partial charge in [-0.15, -0.1) is 12.3 Å². The van der Waals surface area contributed by atoms with E-state index in [0.29, 0.717) is 31.5 Å². The number of aromatic nitrogens is 2. The molecule has 7 heteroatoms. The second kappa shape index (κ2) is 7.40. The number of nitrogens with one attached hydrogen (secondary N) is 1. The number of hydrogen-bond donors (Lipinski definition) is 1. The lowest BCUT2D eigenvalue weighted by Gasteiger charge is -2.09. The standard InChI is InChI=1S/C19H21N5O2/c1-4-5-10-19(22-23-19)11-9-18(25)20-17-13-16(21-24(17)2)14-7-6-8-15(12-14)26-3/h1,6-8,12-13H,5,9-11H2,2-3H3,(H,20,25). The number of aryl methyl sites for hydroxylation is 1. The van der Waals surface area contributed by atoms with Crippen LogP contribution in [0.2, 0.25) is 0 Å². The van der Waals surface area contributed by atoms with Crippen LogP contribution in [0.25, 0.3) is 11.3 Å². The Bertz CT molecular complexity index is 872. The lowest BCUT2D eigenvalue weighted by molar-refractivity contribution is -0.116. The zero-order chi connectivity index (χ0) is 18.6. The fraction of sp³-hybridized carbons (Fsp3) is 0.368. The van der Waals surface area contributed by atoms with Crippen LogP contribution in [-0.4, -0.2) is 28.5 Å². The molecule has 3 rings (SSSR count). The Kier molecular flexibility index (Phi) is 5.03. The van der Waals surface area contributed by atoms with Crippen molar-refractivity contribution in [3.63, 3.8) is 0 Å². The van der Waals surface area contributed by atoms with Crippen LogP contribution < -0.4 is 10.1 Å². The molecule has 1 N–H and O–H groups in total. The Hall–Kier alpha value is -3.14. The number of amides is 1. The van der Waals surface area contributed by atoms with Crippen LogP contribution in [-0.2, 0) is 11.8 Å². The van der Waals surface area contributed by atoms with Gasteiger partial charge in [0.1, 0.15) is 11.6 Å². The van der Waals surface area contributed by atoms with Crippen LogP contribution in [0, 0.1) is 12.3 Å². The van der Waals surface area contributed by atoms with Crippen LogP contribution >= 0.6 is 0 Å². The van der Waals surface area contributed by atoms with E-state index in [4.69, 9.17) is 11.2 Å². The number of nitrogens with zero attached hydrogens (tertiary/aromatic N) is 4. The summed E-state index contributed by atoms with van der Waals surface area (Å²) in [4.78, 5) is 12.3. The van der Waals surface area contributed by atoms with Crippen molar-refractivity contribution < 1.29 is 9.53 Å². The Balaban J connectivity index is 1.61. The Morgan fingerprint density at radius 2 is 2.15 bits per heavy atom. The number of carbonyl (C=O) groups is 1. The van der Waals surface area contributed by atoms with Gasteiger partial charge in [0.25, 0.3) is 0 Å². The molecule has 0 radical (unpaired) electrons. The molecule has 0 unspecified atom stereocenters. The second-order valence-electron chi connectivity index (χ2n) is 6.21. The summed E-state index contributed by atoms with van der Waals surface area (Å²) in [5.74, 6) is 3.88. The SMILES string of the molecule is C#CCCC1(CCC(=O)Nc2cc(-c3cccc(OC)c3)nn2C)N=N1. The Morgan fingerprint density at radius 3 is 2.85 bits per heavy atom. The number of hydrogen-bond acceptors (Lipinski definition) is 5. The van der Waals surface area contributed by atoms with Crippen LogP contribution in [0.4, 0.5) is 5.82 Å². The maximum absolute atomic E-state index is 12.3. The summed E-state index contributed by atoms with van der Waals surface area (Å²) in [6.07, 6.45) is 7.49. The fourth-order valence-corrected chi connectivity index (χ4v) is 2.69. The molecule has 134 valence electrons. The van der Waals surface area contributed by atoms with Gasteiger partial charge in [-0.3, -0.25) is 9.48 Å². The summed E-state index contributed by atoms with van der Waals surface area (Å²) in [6, 6.07) is 9.46. The summed E-state index contributed by atoms with van der Waals surface area (Å²) in [6.45, 7) is 0. The first-order valence-electron chi connectivity index (χ1n) is 8.41. The van der Waals surface area contributed by atoms with Gasteiger partial charge in [0.05, 0.1) is 12.8 Å². The van der Waals surface area contributed by atoms with Crippen molar-refractivity contribution >= 4 is 11.7 Å². The molecule has 0 saturated carbocycles. The van der Waals surface area contributed by atoms with Crippen molar-refractivity contribution in [3.05, 3.63) is 30.3 Å². The molecule has 1 aromatic heterocycles. The minimum Gasteiger partial charge on any atom is -0.497 e. The molecule has 0 aliphatic carbocycles. The van der Waals surface area contributed by atoms with Gasteiger partial charge < -0.3 is 10.1 Å². The largest absolute Gasteiger partial charge is 0.497 e. The van der Waals surface area contributed by atoms with Gasteiger partial charge in [-0.2, -0.15) is 15.3 Å².